The number of rotatable bonds is 9. The number of nitrogens with zero attached hydrogens (tertiary/aromatic N) is 2. The Morgan fingerprint density at radius 2 is 2.00 bits per heavy atom. The molecule has 2 rings (SSSR count). The fraction of sp³-hybridized carbons (Fsp3) is 0.500. The number of hydrogen-bond acceptors (Lipinski definition) is 5. The van der Waals surface area contributed by atoms with Crippen molar-refractivity contribution >= 4 is 39.6 Å². The molecule has 4 N–H and O–H groups in total. The molecule has 0 amide bonds. The van der Waals surface area contributed by atoms with Crippen molar-refractivity contribution in [3.05, 3.63) is 35.5 Å². The molecule has 2 aromatic rings. The third-order valence-electron chi connectivity index (χ3n) is 4.08. The van der Waals surface area contributed by atoms with Gasteiger partial charge in [-0.25, -0.2) is 0 Å². The highest BCUT2D eigenvalue weighted by Gasteiger charge is 2.08. The molecule has 0 aliphatic carbocycles. The summed E-state index contributed by atoms with van der Waals surface area (Å²) < 4.78 is 22.8. The molecule has 0 radical (unpaired) electrons. The molecule has 1 aromatic heterocycles. The van der Waals surface area contributed by atoms with E-state index in [-0.39, 0.29) is 6.61 Å². The van der Waals surface area contributed by atoms with Crippen LogP contribution in [0, 0.1) is 0 Å². The monoisotopic (exact) mass is 417 g/mol. The van der Waals surface area contributed by atoms with Gasteiger partial charge in [-0.2, -0.15) is 4.21 Å². The van der Waals surface area contributed by atoms with Crippen LogP contribution >= 0.6 is 11.6 Å². The van der Waals surface area contributed by atoms with Gasteiger partial charge in [0.05, 0.1) is 12.1 Å². The number of aliphatic hydroxyl groups excluding tert-OH is 1. The molecule has 0 spiro atoms. The van der Waals surface area contributed by atoms with Gasteiger partial charge in [0.1, 0.15) is 0 Å². The molecule has 0 aliphatic rings. The summed E-state index contributed by atoms with van der Waals surface area (Å²) in [4.78, 5) is 6.65. The predicted octanol–water partition coefficient (Wildman–Crippen LogP) is 3.46. The van der Waals surface area contributed by atoms with Crippen molar-refractivity contribution in [1.82, 2.24) is 9.88 Å². The Morgan fingerprint density at radius 3 is 2.63 bits per heavy atom. The molecule has 152 valence electrons. The Bertz CT molecular complexity index is 716. The molecule has 0 bridgehead atoms. The average molecular weight is 418 g/mol. The van der Waals surface area contributed by atoms with Gasteiger partial charge >= 0.3 is 0 Å². The van der Waals surface area contributed by atoms with Gasteiger partial charge in [0, 0.05) is 34.9 Å². The van der Waals surface area contributed by atoms with Gasteiger partial charge in [-0.1, -0.05) is 18.5 Å². The SMILES string of the molecule is CCN(CCO)CCCC(C)Nc1ccnc2cc(Cl)ccc12.O=S(O)O. The normalized spacial score (nSPS) is 12.1. The van der Waals surface area contributed by atoms with E-state index in [0.29, 0.717) is 11.1 Å². The van der Waals surface area contributed by atoms with Crippen LogP contribution in [0.15, 0.2) is 30.5 Å². The number of halogens is 1. The fourth-order valence-electron chi connectivity index (χ4n) is 2.78. The van der Waals surface area contributed by atoms with Crippen molar-refractivity contribution in [3.8, 4) is 0 Å². The number of benzene rings is 1. The Morgan fingerprint density at radius 1 is 1.30 bits per heavy atom. The zero-order valence-electron chi connectivity index (χ0n) is 15.6. The van der Waals surface area contributed by atoms with Gasteiger partial charge in [-0.3, -0.25) is 14.1 Å². The number of nitrogens with one attached hydrogen (secondary N) is 1. The summed E-state index contributed by atoms with van der Waals surface area (Å²) in [5.41, 5.74) is 2.01. The second-order valence-electron chi connectivity index (χ2n) is 6.10. The first-order valence-corrected chi connectivity index (χ1v) is 10.3. The van der Waals surface area contributed by atoms with Crippen LogP contribution in [-0.2, 0) is 11.4 Å². The quantitative estimate of drug-likeness (QED) is 0.463. The zero-order valence-corrected chi connectivity index (χ0v) is 17.2. The molecule has 0 fully saturated rings. The third-order valence-corrected chi connectivity index (χ3v) is 4.32. The fourth-order valence-corrected chi connectivity index (χ4v) is 2.94. The van der Waals surface area contributed by atoms with Crippen LogP contribution in [0.3, 0.4) is 0 Å². The van der Waals surface area contributed by atoms with E-state index in [0.717, 1.165) is 49.1 Å². The number of aliphatic hydroxyl groups is 1. The van der Waals surface area contributed by atoms with Crippen molar-refractivity contribution < 1.29 is 18.4 Å². The van der Waals surface area contributed by atoms with Gasteiger partial charge in [0.15, 0.2) is 0 Å². The Kier molecular flexibility index (Phi) is 11.4. The number of fused-ring (bicyclic) bond motifs is 1. The van der Waals surface area contributed by atoms with E-state index in [9.17, 15) is 0 Å². The smallest absolute Gasteiger partial charge is 0.299 e. The molecule has 1 aromatic carbocycles. The first kappa shape index (κ1) is 23.7. The third kappa shape index (κ3) is 9.46. The molecule has 7 nitrogen and oxygen atoms in total. The van der Waals surface area contributed by atoms with E-state index in [4.69, 9.17) is 30.0 Å². The minimum atomic E-state index is -2.61. The van der Waals surface area contributed by atoms with E-state index < -0.39 is 11.4 Å². The van der Waals surface area contributed by atoms with Crippen molar-refractivity contribution in [2.24, 2.45) is 0 Å². The van der Waals surface area contributed by atoms with E-state index in [1.54, 1.807) is 0 Å². The van der Waals surface area contributed by atoms with Crippen molar-refractivity contribution in [2.45, 2.75) is 32.7 Å². The van der Waals surface area contributed by atoms with Gasteiger partial charge in [0.2, 0.25) is 0 Å². The molecule has 0 aliphatic heterocycles. The number of pyridine rings is 1. The molecule has 0 saturated carbocycles. The number of hydrogen-bond donors (Lipinski definition) is 4. The van der Waals surface area contributed by atoms with Crippen LogP contribution in [0.5, 0.6) is 0 Å². The highest BCUT2D eigenvalue weighted by Crippen LogP contribution is 2.25. The number of anilines is 1. The molecule has 27 heavy (non-hydrogen) atoms. The lowest BCUT2D eigenvalue weighted by Crippen LogP contribution is -2.28. The number of likely N-dealkylation sites (N-methyl/N-ethyl adjacent to an activating group) is 1. The van der Waals surface area contributed by atoms with Crippen LogP contribution in [0.25, 0.3) is 10.9 Å². The lowest BCUT2D eigenvalue weighted by Gasteiger charge is -2.21. The summed E-state index contributed by atoms with van der Waals surface area (Å²) in [6.45, 7) is 7.32. The highest BCUT2D eigenvalue weighted by molar-refractivity contribution is 7.73. The largest absolute Gasteiger partial charge is 0.395 e. The molecular formula is C18H28ClN3O4S. The molecule has 1 unspecified atom stereocenters. The van der Waals surface area contributed by atoms with Gasteiger partial charge < -0.3 is 15.3 Å². The summed E-state index contributed by atoms with van der Waals surface area (Å²) in [5.74, 6) is 0. The lowest BCUT2D eigenvalue weighted by molar-refractivity contribution is 0.199. The van der Waals surface area contributed by atoms with Gasteiger partial charge in [-0.05, 0) is 57.1 Å². The maximum Gasteiger partial charge on any atom is 0.299 e. The standard InChI is InChI=1S/C18H26ClN3O.H2O3S/c1-3-22(11-12-23)10-4-5-14(2)21-17-8-9-20-18-13-15(19)6-7-16(17)18;1-4(2)3/h6-9,13-14,23H,3-5,10-12H2,1-2H3,(H,20,21);(H2,1,2,3). The zero-order chi connectivity index (χ0) is 20.2. The molecule has 1 heterocycles. The van der Waals surface area contributed by atoms with Crippen LogP contribution < -0.4 is 5.32 Å². The molecular weight excluding hydrogens is 390 g/mol. The van der Waals surface area contributed by atoms with Gasteiger partial charge in [-0.15, -0.1) is 0 Å². The topological polar surface area (TPSA) is 106 Å². The molecule has 1 atom stereocenters. The average Bonchev–Trinajstić information content (AvgIpc) is 2.60. The first-order valence-electron chi connectivity index (χ1n) is 8.81. The van der Waals surface area contributed by atoms with E-state index in [2.05, 4.69) is 29.0 Å². The Hall–Kier alpha value is -1.29. The minimum absolute atomic E-state index is 0.229. The lowest BCUT2D eigenvalue weighted by atomic mass is 10.1. The van der Waals surface area contributed by atoms with Crippen LogP contribution in [0.1, 0.15) is 26.7 Å². The van der Waals surface area contributed by atoms with Crippen molar-refractivity contribution in [1.29, 1.82) is 0 Å². The summed E-state index contributed by atoms with van der Waals surface area (Å²) in [6, 6.07) is 8.19. The summed E-state index contributed by atoms with van der Waals surface area (Å²) >= 11 is 3.42. The van der Waals surface area contributed by atoms with Gasteiger partial charge in [0.25, 0.3) is 11.4 Å². The second kappa shape index (κ2) is 13.0. The summed E-state index contributed by atoms with van der Waals surface area (Å²) in [6.07, 6.45) is 4.00. The molecule has 9 heteroatoms. The van der Waals surface area contributed by atoms with Crippen LogP contribution in [0.2, 0.25) is 5.02 Å². The summed E-state index contributed by atoms with van der Waals surface area (Å²) in [7, 11) is 0. The van der Waals surface area contributed by atoms with E-state index in [1.807, 2.05) is 30.5 Å². The Labute approximate surface area is 167 Å². The molecule has 0 saturated heterocycles. The first-order chi connectivity index (χ1) is 12.9. The predicted molar refractivity (Wildman–Crippen MR) is 112 cm³/mol. The van der Waals surface area contributed by atoms with Crippen LogP contribution in [-0.4, -0.2) is 60.6 Å². The highest BCUT2D eigenvalue weighted by atomic mass is 35.5. The summed E-state index contributed by atoms with van der Waals surface area (Å²) in [5, 5.41) is 14.4. The van der Waals surface area contributed by atoms with Crippen molar-refractivity contribution in [3.63, 3.8) is 0 Å². The maximum absolute atomic E-state index is 9.02. The van der Waals surface area contributed by atoms with E-state index >= 15 is 0 Å². The van der Waals surface area contributed by atoms with E-state index in [1.165, 1.54) is 0 Å². The second-order valence-corrected chi connectivity index (χ2v) is 6.99. The Balaban J connectivity index is 0.000000828. The maximum atomic E-state index is 9.02. The van der Waals surface area contributed by atoms with Crippen molar-refractivity contribution in [2.75, 3.05) is 31.6 Å². The minimum Gasteiger partial charge on any atom is -0.395 e. The van der Waals surface area contributed by atoms with Crippen LogP contribution in [0.4, 0.5) is 5.69 Å². The number of aromatic nitrogens is 1.